The first-order valence-electron chi connectivity index (χ1n) is 14.3. The maximum Gasteiger partial charge on any atom is 0.407 e. The topological polar surface area (TPSA) is 183 Å². The smallest absolute Gasteiger partial charge is 0.407 e. The number of ketones is 2. The fourth-order valence-electron chi connectivity index (χ4n) is 5.40. The van der Waals surface area contributed by atoms with Crippen LogP contribution in [0.3, 0.4) is 0 Å². The first-order valence-corrected chi connectivity index (χ1v) is 14.3. The molecule has 1 saturated heterocycles. The number of rotatable bonds is 11. The zero-order chi connectivity index (χ0) is 32.1. The minimum Gasteiger partial charge on any atom is -0.449 e. The van der Waals surface area contributed by atoms with Gasteiger partial charge in [0.25, 0.3) is 11.8 Å². The summed E-state index contributed by atoms with van der Waals surface area (Å²) in [5, 5.41) is 2.75. The number of ether oxygens (including phenoxy) is 2. The van der Waals surface area contributed by atoms with Crippen molar-refractivity contribution in [1.29, 1.82) is 0 Å². The molecule has 0 unspecified atom stereocenters. The Labute approximate surface area is 256 Å². The second-order valence-corrected chi connectivity index (χ2v) is 10.6. The van der Waals surface area contributed by atoms with Gasteiger partial charge in [-0.1, -0.05) is 48.5 Å². The van der Waals surface area contributed by atoms with Crippen molar-refractivity contribution in [2.24, 2.45) is 0 Å². The Bertz CT molecular complexity index is 1460. The second-order valence-electron chi connectivity index (χ2n) is 10.6. The fraction of sp³-hybridized carbons (Fsp3) is 0.355. The highest BCUT2D eigenvalue weighted by molar-refractivity contribution is 6.12. The standard InChI is InChI=1S/C31H29N3O11/c35-23-9-10-24(36)30(23)44-28(40)15-33(16-29(41)45-34-26(38)11-12-27(34)39)25(37)13-14-32-31(42)43-17-22-20-7-3-1-5-18(20)19-6-2-4-8-21(19)22/h1-8,22,30H,9-17H2,(H,32,42). The molecule has 0 spiro atoms. The van der Waals surface area contributed by atoms with Crippen molar-refractivity contribution in [3.8, 4) is 11.1 Å². The van der Waals surface area contributed by atoms with Gasteiger partial charge in [0.1, 0.15) is 19.7 Å². The Morgan fingerprint density at radius 3 is 1.93 bits per heavy atom. The summed E-state index contributed by atoms with van der Waals surface area (Å²) in [7, 11) is 0. The highest BCUT2D eigenvalue weighted by Gasteiger charge is 2.37. The van der Waals surface area contributed by atoms with Gasteiger partial charge in [-0.05, 0) is 22.3 Å². The predicted molar refractivity (Wildman–Crippen MR) is 151 cm³/mol. The number of nitrogens with one attached hydrogen (secondary N) is 1. The number of fused-ring (bicyclic) bond motifs is 3. The van der Waals surface area contributed by atoms with Crippen LogP contribution in [0, 0.1) is 0 Å². The maximum absolute atomic E-state index is 13.0. The molecule has 3 aliphatic rings. The van der Waals surface area contributed by atoms with Gasteiger partial charge in [-0.3, -0.25) is 28.8 Å². The molecule has 1 N–H and O–H groups in total. The fourth-order valence-corrected chi connectivity index (χ4v) is 5.40. The van der Waals surface area contributed by atoms with Gasteiger partial charge in [-0.2, -0.15) is 0 Å². The van der Waals surface area contributed by atoms with Crippen LogP contribution in [0.15, 0.2) is 48.5 Å². The number of carbonyl (C=O) groups is 8. The quantitative estimate of drug-likeness (QED) is 0.217. The zero-order valence-electron chi connectivity index (χ0n) is 24.0. The van der Waals surface area contributed by atoms with Gasteiger partial charge in [0, 0.05) is 44.6 Å². The van der Waals surface area contributed by atoms with Gasteiger partial charge in [0.2, 0.25) is 12.0 Å². The third-order valence-electron chi connectivity index (χ3n) is 7.60. The van der Waals surface area contributed by atoms with E-state index in [0.717, 1.165) is 22.3 Å². The summed E-state index contributed by atoms with van der Waals surface area (Å²) in [4.78, 5) is 103. The molecule has 0 aromatic heterocycles. The predicted octanol–water partition coefficient (Wildman–Crippen LogP) is 1.19. The number of hydroxylamine groups is 2. The molecule has 45 heavy (non-hydrogen) atoms. The van der Waals surface area contributed by atoms with Crippen molar-refractivity contribution in [1.82, 2.24) is 15.3 Å². The molecule has 0 bridgehead atoms. The molecular weight excluding hydrogens is 590 g/mol. The number of nitrogens with zero attached hydrogens (tertiary/aromatic N) is 2. The summed E-state index contributed by atoms with van der Waals surface area (Å²) in [6.07, 6.45) is -3.22. The monoisotopic (exact) mass is 619 g/mol. The molecule has 2 aliphatic carbocycles. The van der Waals surface area contributed by atoms with Gasteiger partial charge in [-0.25, -0.2) is 9.59 Å². The van der Waals surface area contributed by atoms with Gasteiger partial charge in [-0.15, -0.1) is 5.06 Å². The zero-order valence-corrected chi connectivity index (χ0v) is 24.0. The second kappa shape index (κ2) is 13.5. The van der Waals surface area contributed by atoms with Crippen molar-refractivity contribution in [3.05, 3.63) is 59.7 Å². The van der Waals surface area contributed by atoms with E-state index in [9.17, 15) is 38.4 Å². The molecule has 1 heterocycles. The van der Waals surface area contributed by atoms with E-state index >= 15 is 0 Å². The molecule has 2 aromatic carbocycles. The van der Waals surface area contributed by atoms with Crippen LogP contribution in [0.5, 0.6) is 0 Å². The van der Waals surface area contributed by atoms with Crippen molar-refractivity contribution in [2.45, 2.75) is 44.1 Å². The number of hydrogen-bond acceptors (Lipinski definition) is 11. The highest BCUT2D eigenvalue weighted by Crippen LogP contribution is 2.44. The van der Waals surface area contributed by atoms with Crippen molar-refractivity contribution < 1.29 is 52.7 Å². The van der Waals surface area contributed by atoms with Crippen molar-refractivity contribution in [3.63, 3.8) is 0 Å². The van der Waals surface area contributed by atoms with Gasteiger partial charge in [0.05, 0.1) is 0 Å². The van der Waals surface area contributed by atoms with E-state index in [1.165, 1.54) is 0 Å². The van der Waals surface area contributed by atoms with Crippen LogP contribution < -0.4 is 5.32 Å². The van der Waals surface area contributed by atoms with Gasteiger partial charge in [0.15, 0.2) is 11.6 Å². The van der Waals surface area contributed by atoms with Crippen LogP contribution in [0.1, 0.15) is 49.1 Å². The minimum absolute atomic E-state index is 0.0458. The number of Topliss-reactive ketones (excluding diaryl/α,β-unsaturated/α-hetero) is 2. The molecule has 1 aliphatic heterocycles. The highest BCUT2D eigenvalue weighted by atomic mass is 16.7. The summed E-state index contributed by atoms with van der Waals surface area (Å²) in [6.45, 7) is -1.91. The lowest BCUT2D eigenvalue weighted by atomic mass is 9.98. The van der Waals surface area contributed by atoms with Crippen LogP contribution >= 0.6 is 0 Å². The van der Waals surface area contributed by atoms with E-state index in [4.69, 9.17) is 14.3 Å². The number of imide groups is 1. The summed E-state index contributed by atoms with van der Waals surface area (Å²) < 4.78 is 10.4. The Morgan fingerprint density at radius 1 is 0.778 bits per heavy atom. The third-order valence-corrected chi connectivity index (χ3v) is 7.60. The molecule has 14 nitrogen and oxygen atoms in total. The number of benzene rings is 2. The molecule has 1 saturated carbocycles. The van der Waals surface area contributed by atoms with Crippen LogP contribution in [0.4, 0.5) is 4.79 Å². The normalized spacial score (nSPS) is 16.0. The largest absolute Gasteiger partial charge is 0.449 e. The van der Waals surface area contributed by atoms with Crippen LogP contribution in [-0.2, 0) is 47.9 Å². The first-order chi connectivity index (χ1) is 21.6. The van der Waals surface area contributed by atoms with E-state index < -0.39 is 72.9 Å². The Hall–Kier alpha value is -5.40. The lowest BCUT2D eigenvalue weighted by Gasteiger charge is -2.22. The lowest BCUT2D eigenvalue weighted by Crippen LogP contribution is -2.44. The number of esters is 1. The third kappa shape index (κ3) is 7.06. The summed E-state index contributed by atoms with van der Waals surface area (Å²) in [6, 6.07) is 15.6. The molecule has 14 heteroatoms. The van der Waals surface area contributed by atoms with Gasteiger partial charge >= 0.3 is 18.0 Å². The lowest BCUT2D eigenvalue weighted by molar-refractivity contribution is -0.198. The van der Waals surface area contributed by atoms with E-state index in [1.54, 1.807) is 0 Å². The maximum atomic E-state index is 13.0. The molecule has 2 aromatic rings. The molecule has 0 radical (unpaired) electrons. The summed E-state index contributed by atoms with van der Waals surface area (Å²) in [5.41, 5.74) is 4.17. The average molecular weight is 620 g/mol. The minimum atomic E-state index is -1.59. The van der Waals surface area contributed by atoms with Crippen LogP contribution in [0.2, 0.25) is 0 Å². The first kappa shape index (κ1) is 31.0. The molecular formula is C31H29N3O11. The van der Waals surface area contributed by atoms with Crippen LogP contribution in [-0.4, -0.2) is 89.6 Å². The Kier molecular flexibility index (Phi) is 9.31. The average Bonchev–Trinajstić information content (AvgIpc) is 3.64. The molecule has 0 atom stereocenters. The SMILES string of the molecule is O=C(CN(CC(=O)ON1C(=O)CCC1=O)C(=O)CCNC(=O)OCC1c2ccccc2-c2ccccc21)OC1C(=O)CCC1=O. The Morgan fingerprint density at radius 2 is 1.33 bits per heavy atom. The number of carbonyl (C=O) groups excluding carboxylic acids is 8. The van der Waals surface area contributed by atoms with Crippen molar-refractivity contribution in [2.75, 3.05) is 26.2 Å². The van der Waals surface area contributed by atoms with E-state index in [1.807, 2.05) is 48.5 Å². The number of amides is 4. The van der Waals surface area contributed by atoms with E-state index in [2.05, 4.69) is 5.32 Å². The summed E-state index contributed by atoms with van der Waals surface area (Å²) >= 11 is 0. The van der Waals surface area contributed by atoms with Gasteiger partial charge < -0.3 is 24.5 Å². The summed E-state index contributed by atoms with van der Waals surface area (Å²) in [5.74, 6) is -5.96. The van der Waals surface area contributed by atoms with E-state index in [0.29, 0.717) is 4.90 Å². The van der Waals surface area contributed by atoms with E-state index in [-0.39, 0.29) is 49.8 Å². The Balaban J connectivity index is 1.15. The number of hydrogen-bond donors (Lipinski definition) is 1. The van der Waals surface area contributed by atoms with Crippen LogP contribution in [0.25, 0.3) is 11.1 Å². The molecule has 4 amide bonds. The molecule has 5 rings (SSSR count). The number of alkyl carbamates (subject to hydrolysis) is 1. The van der Waals surface area contributed by atoms with Crippen molar-refractivity contribution >= 4 is 47.3 Å². The molecule has 2 fully saturated rings. The molecule has 234 valence electrons.